The molecule has 8 nitrogen and oxygen atoms in total. The Kier molecular flexibility index (Phi) is 5.41. The highest BCUT2D eigenvalue weighted by molar-refractivity contribution is 5.82. The molecule has 0 N–H and O–H groups in total. The number of hydrogen-bond donors (Lipinski definition) is 0. The summed E-state index contributed by atoms with van der Waals surface area (Å²) in [6.07, 6.45) is -0.567. The first kappa shape index (κ1) is 23.7. The topological polar surface area (TPSA) is 92.5 Å². The van der Waals surface area contributed by atoms with E-state index in [9.17, 15) is 27.2 Å². The van der Waals surface area contributed by atoms with Crippen molar-refractivity contribution in [3.05, 3.63) is 71.6 Å². The van der Waals surface area contributed by atoms with E-state index in [0.717, 1.165) is 30.7 Å². The Balaban J connectivity index is 1.40. The predicted octanol–water partition coefficient (Wildman–Crippen LogP) is 5.93. The summed E-state index contributed by atoms with van der Waals surface area (Å²) in [6, 6.07) is 8.37. The zero-order valence-electron chi connectivity index (χ0n) is 19.2. The monoisotopic (exact) mass is 526 g/mol. The Morgan fingerprint density at radius 2 is 1.95 bits per heavy atom. The number of halogens is 5. The molecule has 1 saturated heterocycles. The van der Waals surface area contributed by atoms with Crippen LogP contribution in [0.2, 0.25) is 0 Å². The van der Waals surface area contributed by atoms with Crippen LogP contribution in [0, 0.1) is 23.0 Å². The number of hydrogen-bond acceptors (Lipinski definition) is 7. The lowest BCUT2D eigenvalue weighted by Crippen LogP contribution is -2.24. The lowest BCUT2D eigenvalue weighted by Gasteiger charge is -2.26. The summed E-state index contributed by atoms with van der Waals surface area (Å²) in [5.41, 5.74) is 0.651. The van der Waals surface area contributed by atoms with E-state index >= 15 is 0 Å². The number of ether oxygens (including phenoxy) is 1. The van der Waals surface area contributed by atoms with Crippen LogP contribution in [0.4, 0.5) is 27.8 Å². The predicted molar refractivity (Wildman–Crippen MR) is 123 cm³/mol. The maximum atomic E-state index is 14.5. The molecule has 13 heteroatoms. The van der Waals surface area contributed by atoms with E-state index < -0.39 is 29.8 Å². The summed E-state index contributed by atoms with van der Waals surface area (Å²) < 4.78 is 77.8. The van der Waals surface area contributed by atoms with Crippen LogP contribution >= 0.6 is 0 Å². The smallest absolute Gasteiger partial charge is 0.436 e. The fraction of sp³-hybridized carbons (Fsp3) is 0.200. The molecular formula is C25H15F5N6O2. The zero-order chi connectivity index (χ0) is 26.6. The van der Waals surface area contributed by atoms with Crippen molar-refractivity contribution in [1.29, 1.82) is 5.26 Å². The van der Waals surface area contributed by atoms with Gasteiger partial charge in [0.05, 0.1) is 17.8 Å². The van der Waals surface area contributed by atoms with Crippen LogP contribution in [0.25, 0.3) is 28.2 Å². The Morgan fingerprint density at radius 3 is 2.74 bits per heavy atom. The lowest BCUT2D eigenvalue weighted by molar-refractivity contribution is -0.274. The molecular weight excluding hydrogens is 511 g/mol. The summed E-state index contributed by atoms with van der Waals surface area (Å²) >= 11 is 0. The van der Waals surface area contributed by atoms with Gasteiger partial charge in [0.15, 0.2) is 17.0 Å². The third-order valence-corrected chi connectivity index (χ3v) is 6.28. The van der Waals surface area contributed by atoms with E-state index in [4.69, 9.17) is 4.42 Å². The van der Waals surface area contributed by atoms with Gasteiger partial charge in [0, 0.05) is 24.4 Å². The van der Waals surface area contributed by atoms with Crippen LogP contribution < -0.4 is 9.64 Å². The van der Waals surface area contributed by atoms with Gasteiger partial charge in [-0.1, -0.05) is 0 Å². The second-order valence-electron chi connectivity index (χ2n) is 8.62. The molecule has 6 rings (SSSR count). The number of nitriles is 1. The number of benzene rings is 2. The number of anilines is 1. The molecule has 1 fully saturated rings. The van der Waals surface area contributed by atoms with E-state index in [1.165, 1.54) is 16.8 Å². The van der Waals surface area contributed by atoms with Crippen molar-refractivity contribution in [3.8, 4) is 23.3 Å². The van der Waals surface area contributed by atoms with Gasteiger partial charge in [0.2, 0.25) is 5.89 Å². The third kappa shape index (κ3) is 4.13. The second kappa shape index (κ2) is 8.69. The van der Waals surface area contributed by atoms with Crippen molar-refractivity contribution in [1.82, 2.24) is 19.6 Å². The fourth-order valence-corrected chi connectivity index (χ4v) is 4.67. The lowest BCUT2D eigenvalue weighted by atomic mass is 10.0. The molecule has 4 heterocycles. The van der Waals surface area contributed by atoms with Crippen LogP contribution in [-0.4, -0.2) is 32.5 Å². The highest BCUT2D eigenvalue weighted by atomic mass is 19.4. The molecule has 0 saturated carbocycles. The van der Waals surface area contributed by atoms with Crippen LogP contribution in [0.15, 0.2) is 53.2 Å². The molecule has 1 aliphatic rings. The number of nitrogens with zero attached hydrogens (tertiary/aromatic N) is 6. The Bertz CT molecular complexity index is 1740. The van der Waals surface area contributed by atoms with Crippen molar-refractivity contribution < 1.29 is 31.1 Å². The van der Waals surface area contributed by atoms with E-state index in [-0.39, 0.29) is 28.1 Å². The van der Waals surface area contributed by atoms with Crippen LogP contribution in [-0.2, 0) is 0 Å². The maximum Gasteiger partial charge on any atom is 0.573 e. The van der Waals surface area contributed by atoms with Gasteiger partial charge in [-0.15, -0.1) is 13.2 Å². The maximum absolute atomic E-state index is 14.5. The Morgan fingerprint density at radius 1 is 1.11 bits per heavy atom. The molecule has 5 aromatic rings. The van der Waals surface area contributed by atoms with Gasteiger partial charge in [-0.2, -0.15) is 10.4 Å². The van der Waals surface area contributed by atoms with E-state index in [2.05, 4.69) is 19.8 Å². The summed E-state index contributed by atoms with van der Waals surface area (Å²) in [4.78, 5) is 10.9. The van der Waals surface area contributed by atoms with Crippen LogP contribution in [0.5, 0.6) is 5.75 Å². The molecule has 0 aliphatic carbocycles. The molecule has 192 valence electrons. The van der Waals surface area contributed by atoms with Crippen molar-refractivity contribution in [2.24, 2.45) is 0 Å². The first-order valence-corrected chi connectivity index (χ1v) is 11.4. The molecule has 0 spiro atoms. The fourth-order valence-electron chi connectivity index (χ4n) is 4.67. The Labute approximate surface area is 210 Å². The van der Waals surface area contributed by atoms with E-state index in [0.29, 0.717) is 30.0 Å². The van der Waals surface area contributed by atoms with Gasteiger partial charge in [-0.3, -0.25) is 0 Å². The quantitative estimate of drug-likeness (QED) is 0.268. The van der Waals surface area contributed by atoms with E-state index in [1.54, 1.807) is 18.3 Å². The van der Waals surface area contributed by atoms with Crippen LogP contribution in [0.1, 0.15) is 30.0 Å². The molecule has 3 aromatic heterocycles. The van der Waals surface area contributed by atoms with E-state index in [1.807, 2.05) is 4.90 Å². The summed E-state index contributed by atoms with van der Waals surface area (Å²) in [5.74, 6) is -1.24. The number of aromatic nitrogens is 4. The first-order valence-electron chi connectivity index (χ1n) is 11.4. The van der Waals surface area contributed by atoms with Gasteiger partial charge < -0.3 is 14.1 Å². The minimum Gasteiger partial charge on any atom is -0.436 e. The van der Waals surface area contributed by atoms with Crippen molar-refractivity contribution in [2.75, 3.05) is 11.4 Å². The SMILES string of the molecule is N#Cc1cc2nc(-c3cnn4ccc(N5CCC[C@@H]5c5cc(F)ccc5F)nc34)oc2cc1OC(F)(F)F. The van der Waals surface area contributed by atoms with Gasteiger partial charge in [-0.05, 0) is 43.2 Å². The number of oxazole rings is 1. The average molecular weight is 526 g/mol. The molecule has 0 bridgehead atoms. The molecule has 0 unspecified atom stereocenters. The first-order chi connectivity index (χ1) is 18.2. The van der Waals surface area contributed by atoms with Crippen molar-refractivity contribution in [3.63, 3.8) is 0 Å². The third-order valence-electron chi connectivity index (χ3n) is 6.28. The molecule has 0 radical (unpaired) electrons. The molecule has 2 aromatic carbocycles. The average Bonchev–Trinajstić information content (AvgIpc) is 3.61. The summed E-state index contributed by atoms with van der Waals surface area (Å²) in [6.45, 7) is 0.565. The van der Waals surface area contributed by atoms with Crippen molar-refractivity contribution in [2.45, 2.75) is 25.2 Å². The molecule has 1 aliphatic heterocycles. The number of rotatable bonds is 4. The van der Waals surface area contributed by atoms with Gasteiger partial charge in [-0.25, -0.2) is 23.3 Å². The molecule has 0 amide bonds. The number of fused-ring (bicyclic) bond motifs is 2. The summed E-state index contributed by atoms with van der Waals surface area (Å²) in [7, 11) is 0. The van der Waals surface area contributed by atoms with Crippen LogP contribution in [0.3, 0.4) is 0 Å². The van der Waals surface area contributed by atoms with Gasteiger partial charge in [0.1, 0.15) is 34.6 Å². The molecule has 1 atom stereocenters. The zero-order valence-corrected chi connectivity index (χ0v) is 19.2. The highest BCUT2D eigenvalue weighted by Crippen LogP contribution is 2.38. The largest absolute Gasteiger partial charge is 0.573 e. The normalized spacial score (nSPS) is 15.9. The molecule has 38 heavy (non-hydrogen) atoms. The number of alkyl halides is 3. The van der Waals surface area contributed by atoms with Crippen molar-refractivity contribution >= 4 is 22.6 Å². The second-order valence-corrected chi connectivity index (χ2v) is 8.62. The highest BCUT2D eigenvalue weighted by Gasteiger charge is 2.33. The summed E-state index contributed by atoms with van der Waals surface area (Å²) in [5, 5.41) is 13.5. The Hall–Kier alpha value is -4.73. The minimum atomic E-state index is -4.99. The van der Waals surface area contributed by atoms with Gasteiger partial charge >= 0.3 is 6.36 Å². The van der Waals surface area contributed by atoms with Gasteiger partial charge in [0.25, 0.3) is 0 Å². The minimum absolute atomic E-state index is 0.0156. The standard InChI is InChI=1S/C25H15F5N6O2/c26-14-3-4-17(27)15(9-14)19-2-1-6-35(19)22-5-7-36-23(34-22)16(12-32-36)24-33-18-8-13(11-31)20(10-21(18)37-24)38-25(28,29)30/h3-5,7-10,12,19H,1-2,6H2/t19-/m1/s1.